The van der Waals surface area contributed by atoms with Crippen molar-refractivity contribution in [1.29, 1.82) is 0 Å². The van der Waals surface area contributed by atoms with E-state index in [4.69, 9.17) is 0 Å². The lowest BCUT2D eigenvalue weighted by Crippen LogP contribution is -2.50. The molecule has 6 heteroatoms. The van der Waals surface area contributed by atoms with Crippen LogP contribution < -0.4 is 10.2 Å². The molecule has 0 aliphatic carbocycles. The third-order valence-corrected chi connectivity index (χ3v) is 5.90. The van der Waals surface area contributed by atoms with Crippen molar-refractivity contribution < 1.29 is 9.59 Å². The van der Waals surface area contributed by atoms with Crippen LogP contribution in [0.25, 0.3) is 0 Å². The Balaban J connectivity index is 1.42. The summed E-state index contributed by atoms with van der Waals surface area (Å²) in [5.41, 5.74) is 2.09. The van der Waals surface area contributed by atoms with Gasteiger partial charge in [0.05, 0.1) is 0 Å². The number of benzene rings is 1. The largest absolute Gasteiger partial charge is 0.340 e. The lowest BCUT2D eigenvalue weighted by atomic mass is 10.1. The summed E-state index contributed by atoms with van der Waals surface area (Å²) in [6.45, 7) is 5.95. The number of nitrogens with one attached hydrogen (secondary N) is 1. The van der Waals surface area contributed by atoms with E-state index in [1.54, 1.807) is 4.90 Å². The van der Waals surface area contributed by atoms with Gasteiger partial charge in [-0.05, 0) is 30.9 Å². The second kappa shape index (κ2) is 7.76. The number of piperazine rings is 1. The predicted molar refractivity (Wildman–Crippen MR) is 101 cm³/mol. The van der Waals surface area contributed by atoms with E-state index in [0.29, 0.717) is 12.5 Å². The zero-order valence-electron chi connectivity index (χ0n) is 15.3. The Morgan fingerprint density at radius 2 is 1.92 bits per heavy atom. The molecule has 6 nitrogen and oxygen atoms in total. The molecular formula is C20H28N4O2. The number of hydrogen-bond acceptors (Lipinski definition) is 4. The molecule has 1 atom stereocenters. The topological polar surface area (TPSA) is 55.9 Å². The number of nitrogens with zero attached hydrogens (tertiary/aromatic N) is 3. The first-order chi connectivity index (χ1) is 12.7. The number of carbonyl (C=O) groups excluding carboxylic acids is 2. The van der Waals surface area contributed by atoms with Gasteiger partial charge in [-0.2, -0.15) is 0 Å². The third kappa shape index (κ3) is 3.62. The van der Waals surface area contributed by atoms with Crippen LogP contribution in [0, 0.1) is 0 Å². The smallest absolute Gasteiger partial charge is 0.242 e. The molecule has 3 aliphatic rings. The number of carbonyl (C=O) groups is 2. The van der Waals surface area contributed by atoms with Crippen LogP contribution in [0.15, 0.2) is 24.3 Å². The van der Waals surface area contributed by atoms with Crippen molar-refractivity contribution >= 4 is 17.5 Å². The molecule has 0 radical (unpaired) electrons. The molecule has 0 bridgehead atoms. The minimum atomic E-state index is 0.0705. The van der Waals surface area contributed by atoms with Crippen LogP contribution in [-0.2, 0) is 16.0 Å². The molecule has 0 saturated carbocycles. The molecule has 3 heterocycles. The Hall–Kier alpha value is -1.92. The highest BCUT2D eigenvalue weighted by Crippen LogP contribution is 2.27. The van der Waals surface area contributed by atoms with Crippen LogP contribution in [0.1, 0.15) is 24.8 Å². The Bertz CT molecular complexity index is 672. The van der Waals surface area contributed by atoms with Crippen LogP contribution in [0.5, 0.6) is 0 Å². The number of para-hydroxylation sites is 1. The Labute approximate surface area is 155 Å². The van der Waals surface area contributed by atoms with Gasteiger partial charge >= 0.3 is 0 Å². The van der Waals surface area contributed by atoms with Gasteiger partial charge in [-0.3, -0.25) is 14.5 Å². The first kappa shape index (κ1) is 17.5. The van der Waals surface area contributed by atoms with Crippen molar-refractivity contribution in [1.82, 2.24) is 15.1 Å². The van der Waals surface area contributed by atoms with E-state index in [1.807, 2.05) is 23.1 Å². The second-order valence-electron chi connectivity index (χ2n) is 7.53. The summed E-state index contributed by atoms with van der Waals surface area (Å²) in [6.07, 6.45) is 3.32. The van der Waals surface area contributed by atoms with Crippen molar-refractivity contribution in [3.05, 3.63) is 29.8 Å². The first-order valence-corrected chi connectivity index (χ1v) is 9.83. The lowest BCUT2D eigenvalue weighted by molar-refractivity contribution is -0.130. The summed E-state index contributed by atoms with van der Waals surface area (Å²) in [5, 5.41) is 3.38. The zero-order chi connectivity index (χ0) is 17.9. The van der Waals surface area contributed by atoms with E-state index in [2.05, 4.69) is 16.3 Å². The normalized spacial score (nSPS) is 24.5. The molecule has 1 unspecified atom stereocenters. The van der Waals surface area contributed by atoms with Crippen LogP contribution in [0.2, 0.25) is 0 Å². The predicted octanol–water partition coefficient (Wildman–Crippen LogP) is 0.862. The van der Waals surface area contributed by atoms with Crippen molar-refractivity contribution in [2.24, 2.45) is 0 Å². The number of anilines is 1. The Morgan fingerprint density at radius 3 is 2.77 bits per heavy atom. The molecule has 1 N–H and O–H groups in total. The van der Waals surface area contributed by atoms with Crippen molar-refractivity contribution in [2.75, 3.05) is 50.7 Å². The monoisotopic (exact) mass is 356 g/mol. The van der Waals surface area contributed by atoms with Gasteiger partial charge in [-0.25, -0.2) is 0 Å². The van der Waals surface area contributed by atoms with Crippen molar-refractivity contribution in [3.8, 4) is 0 Å². The van der Waals surface area contributed by atoms with Gasteiger partial charge in [0, 0.05) is 57.4 Å². The summed E-state index contributed by atoms with van der Waals surface area (Å²) in [4.78, 5) is 31.6. The fourth-order valence-corrected chi connectivity index (χ4v) is 4.41. The molecule has 2 saturated heterocycles. The summed E-state index contributed by atoms with van der Waals surface area (Å²) in [6, 6.07) is 8.47. The van der Waals surface area contributed by atoms with Crippen molar-refractivity contribution in [2.45, 2.75) is 31.7 Å². The third-order valence-electron chi connectivity index (χ3n) is 5.90. The molecule has 3 aliphatic heterocycles. The highest BCUT2D eigenvalue weighted by atomic mass is 16.2. The minimum absolute atomic E-state index is 0.0705. The fourth-order valence-electron chi connectivity index (χ4n) is 4.41. The van der Waals surface area contributed by atoms with E-state index in [9.17, 15) is 9.59 Å². The molecule has 2 amide bonds. The van der Waals surface area contributed by atoms with E-state index < -0.39 is 0 Å². The standard InChI is InChI=1S/C20H28N4O2/c25-19-7-3-5-16-4-1-2-6-18(16)24(19)15-20(26)23-11-8-17(14-23)22-12-9-21-10-13-22/h1-2,4,6,17,21H,3,5,7-15H2. The quantitative estimate of drug-likeness (QED) is 0.873. The van der Waals surface area contributed by atoms with Gasteiger partial charge in [0.1, 0.15) is 6.54 Å². The molecule has 2 fully saturated rings. The minimum Gasteiger partial charge on any atom is -0.340 e. The van der Waals surface area contributed by atoms with Crippen LogP contribution >= 0.6 is 0 Å². The molecule has 140 valence electrons. The number of fused-ring (bicyclic) bond motifs is 1. The molecule has 1 aromatic carbocycles. The SMILES string of the molecule is O=C(CN1C(=O)CCCc2ccccc21)N1CCC(N2CCNCC2)C1. The number of hydrogen-bond donors (Lipinski definition) is 1. The zero-order valence-corrected chi connectivity index (χ0v) is 15.3. The number of rotatable bonds is 3. The highest BCUT2D eigenvalue weighted by molar-refractivity contribution is 5.99. The van der Waals surface area contributed by atoms with Gasteiger partial charge in [0.25, 0.3) is 0 Å². The van der Waals surface area contributed by atoms with Gasteiger partial charge in [-0.15, -0.1) is 0 Å². The van der Waals surface area contributed by atoms with Gasteiger partial charge in [0.2, 0.25) is 11.8 Å². The molecule has 0 spiro atoms. The first-order valence-electron chi connectivity index (χ1n) is 9.83. The van der Waals surface area contributed by atoms with Crippen molar-refractivity contribution in [3.63, 3.8) is 0 Å². The van der Waals surface area contributed by atoms with Gasteiger partial charge in [-0.1, -0.05) is 18.2 Å². The number of aryl methyl sites for hydroxylation is 1. The summed E-state index contributed by atoms with van der Waals surface area (Å²) in [5.74, 6) is 0.147. The molecule has 0 aromatic heterocycles. The Kier molecular flexibility index (Phi) is 5.22. The van der Waals surface area contributed by atoms with E-state index >= 15 is 0 Å². The maximum absolute atomic E-state index is 12.9. The Morgan fingerprint density at radius 1 is 1.12 bits per heavy atom. The molecule has 1 aromatic rings. The van der Waals surface area contributed by atoms with E-state index in [0.717, 1.165) is 64.2 Å². The van der Waals surface area contributed by atoms with E-state index in [1.165, 1.54) is 5.56 Å². The summed E-state index contributed by atoms with van der Waals surface area (Å²) >= 11 is 0. The highest BCUT2D eigenvalue weighted by Gasteiger charge is 2.33. The lowest BCUT2D eigenvalue weighted by Gasteiger charge is -2.32. The maximum Gasteiger partial charge on any atom is 0.242 e. The van der Waals surface area contributed by atoms with Crippen LogP contribution in [0.3, 0.4) is 0 Å². The maximum atomic E-state index is 12.9. The summed E-state index contributed by atoms with van der Waals surface area (Å²) in [7, 11) is 0. The molecule has 4 rings (SSSR count). The van der Waals surface area contributed by atoms with Gasteiger partial charge < -0.3 is 15.1 Å². The molecular weight excluding hydrogens is 328 g/mol. The van der Waals surface area contributed by atoms with Gasteiger partial charge in [0.15, 0.2) is 0 Å². The molecule has 26 heavy (non-hydrogen) atoms. The number of amides is 2. The van der Waals surface area contributed by atoms with E-state index in [-0.39, 0.29) is 18.4 Å². The van der Waals surface area contributed by atoms with Crippen LogP contribution in [0.4, 0.5) is 5.69 Å². The average Bonchev–Trinajstić information content (AvgIpc) is 3.12. The second-order valence-corrected chi connectivity index (χ2v) is 7.53. The average molecular weight is 356 g/mol. The number of likely N-dealkylation sites (tertiary alicyclic amines) is 1. The fraction of sp³-hybridized carbons (Fsp3) is 0.600. The van der Waals surface area contributed by atoms with Crippen LogP contribution in [-0.4, -0.2) is 73.5 Å². The summed E-state index contributed by atoms with van der Waals surface area (Å²) < 4.78 is 0.